The van der Waals surface area contributed by atoms with Gasteiger partial charge in [0.25, 0.3) is 0 Å². The van der Waals surface area contributed by atoms with Crippen molar-refractivity contribution in [2.24, 2.45) is 0 Å². The topological polar surface area (TPSA) is 0 Å². The third-order valence-electron chi connectivity index (χ3n) is 2.57. The van der Waals surface area contributed by atoms with Crippen LogP contribution in [0.2, 0.25) is 5.02 Å². The first-order valence-electron chi connectivity index (χ1n) is 5.14. The van der Waals surface area contributed by atoms with E-state index >= 15 is 0 Å². The van der Waals surface area contributed by atoms with Crippen LogP contribution in [0.15, 0.2) is 30.3 Å². The molecular weight excluding hydrogens is 347 g/mol. The highest BCUT2D eigenvalue weighted by atomic mass is 79.9. The Balaban J connectivity index is 2.56. The molecule has 0 radical (unpaired) electrons. The molecule has 0 fully saturated rings. The lowest BCUT2D eigenvalue weighted by atomic mass is 10.0. The number of hydrogen-bond acceptors (Lipinski definition) is 0. The summed E-state index contributed by atoms with van der Waals surface area (Å²) in [5, 5.41) is 0.0611. The first-order valence-corrected chi connectivity index (χ1v) is 6.43. The molecule has 0 saturated heterocycles. The molecule has 0 bridgehead atoms. The summed E-state index contributed by atoms with van der Waals surface area (Å²) in [7, 11) is 0. The van der Waals surface area contributed by atoms with Gasteiger partial charge in [-0.3, -0.25) is 0 Å². The summed E-state index contributed by atoms with van der Waals surface area (Å²) in [5.74, 6) is -4.17. The Labute approximate surface area is 120 Å². The van der Waals surface area contributed by atoms with Crippen LogP contribution in [0.25, 0.3) is 0 Å². The molecule has 2 rings (SSSR count). The molecule has 0 aliphatic heterocycles. The minimum Gasteiger partial charge on any atom is -0.207 e. The first kappa shape index (κ1) is 14.3. The van der Waals surface area contributed by atoms with E-state index in [2.05, 4.69) is 15.9 Å². The SMILES string of the molecule is Fc1cc(F)c(C(Br)c2c(F)cccc2Cl)cc1F. The molecular formula is C13H6BrClF4. The van der Waals surface area contributed by atoms with Crippen molar-refractivity contribution >= 4 is 27.5 Å². The molecule has 6 heteroatoms. The normalized spacial score (nSPS) is 12.5. The van der Waals surface area contributed by atoms with Crippen molar-refractivity contribution in [3.63, 3.8) is 0 Å². The van der Waals surface area contributed by atoms with Gasteiger partial charge in [-0.2, -0.15) is 0 Å². The van der Waals surface area contributed by atoms with Crippen LogP contribution >= 0.6 is 27.5 Å². The molecule has 19 heavy (non-hydrogen) atoms. The summed E-state index contributed by atoms with van der Waals surface area (Å²) >= 11 is 8.89. The second-order valence-corrected chi connectivity index (χ2v) is 5.11. The van der Waals surface area contributed by atoms with Crippen LogP contribution in [-0.4, -0.2) is 0 Å². The zero-order valence-corrected chi connectivity index (χ0v) is 11.6. The van der Waals surface area contributed by atoms with Crippen molar-refractivity contribution in [1.82, 2.24) is 0 Å². The minimum absolute atomic E-state index is 0.0333. The molecule has 0 amide bonds. The van der Waals surface area contributed by atoms with E-state index in [1.54, 1.807) is 0 Å². The van der Waals surface area contributed by atoms with E-state index in [9.17, 15) is 17.6 Å². The molecule has 0 heterocycles. The lowest BCUT2D eigenvalue weighted by Crippen LogP contribution is -2.02. The molecule has 1 atom stereocenters. The maximum absolute atomic E-state index is 13.7. The molecule has 0 spiro atoms. The fraction of sp³-hybridized carbons (Fsp3) is 0.0769. The van der Waals surface area contributed by atoms with Gasteiger partial charge in [0.2, 0.25) is 0 Å². The molecule has 0 saturated carbocycles. The third-order valence-corrected chi connectivity index (χ3v) is 3.85. The number of halogens is 6. The van der Waals surface area contributed by atoms with Crippen LogP contribution in [0.1, 0.15) is 16.0 Å². The van der Waals surface area contributed by atoms with Crippen molar-refractivity contribution < 1.29 is 17.6 Å². The van der Waals surface area contributed by atoms with Crippen LogP contribution < -0.4 is 0 Å². The summed E-state index contributed by atoms with van der Waals surface area (Å²) < 4.78 is 53.3. The van der Waals surface area contributed by atoms with Gasteiger partial charge in [0, 0.05) is 22.2 Å². The van der Waals surface area contributed by atoms with Crippen molar-refractivity contribution in [2.75, 3.05) is 0 Å². The summed E-state index contributed by atoms with van der Waals surface area (Å²) in [6, 6.07) is 5.04. The van der Waals surface area contributed by atoms with E-state index in [0.717, 1.165) is 6.07 Å². The highest BCUT2D eigenvalue weighted by molar-refractivity contribution is 9.09. The number of rotatable bonds is 2. The van der Waals surface area contributed by atoms with E-state index in [0.29, 0.717) is 12.1 Å². The molecule has 0 N–H and O–H groups in total. The van der Waals surface area contributed by atoms with Crippen LogP contribution in [0, 0.1) is 23.3 Å². The number of benzene rings is 2. The zero-order valence-electron chi connectivity index (χ0n) is 9.23. The average molecular weight is 354 g/mol. The fourth-order valence-corrected chi connectivity index (χ4v) is 2.86. The molecule has 100 valence electrons. The van der Waals surface area contributed by atoms with Crippen molar-refractivity contribution in [1.29, 1.82) is 0 Å². The highest BCUT2D eigenvalue weighted by Gasteiger charge is 2.23. The molecule has 0 nitrogen and oxygen atoms in total. The van der Waals surface area contributed by atoms with E-state index in [1.165, 1.54) is 12.1 Å². The van der Waals surface area contributed by atoms with Crippen molar-refractivity contribution in [2.45, 2.75) is 4.83 Å². The van der Waals surface area contributed by atoms with Gasteiger partial charge < -0.3 is 0 Å². The molecule has 0 aromatic heterocycles. The van der Waals surface area contributed by atoms with Crippen LogP contribution in [0.4, 0.5) is 17.6 Å². The summed E-state index contributed by atoms with van der Waals surface area (Å²) in [4.78, 5) is -1.02. The van der Waals surface area contributed by atoms with Gasteiger partial charge in [0.1, 0.15) is 11.6 Å². The zero-order chi connectivity index (χ0) is 14.2. The van der Waals surface area contributed by atoms with Crippen LogP contribution in [0.3, 0.4) is 0 Å². The Morgan fingerprint density at radius 2 is 1.53 bits per heavy atom. The van der Waals surface area contributed by atoms with E-state index in [-0.39, 0.29) is 16.1 Å². The van der Waals surface area contributed by atoms with E-state index in [1.807, 2.05) is 0 Å². The third kappa shape index (κ3) is 2.77. The van der Waals surface area contributed by atoms with Crippen molar-refractivity contribution in [3.05, 3.63) is 69.8 Å². The molecule has 2 aromatic rings. The largest absolute Gasteiger partial charge is 0.207 e. The predicted octanol–water partition coefficient (Wildman–Crippen LogP) is 5.38. The summed E-state index contributed by atoms with van der Waals surface area (Å²) in [6.45, 7) is 0. The monoisotopic (exact) mass is 352 g/mol. The summed E-state index contributed by atoms with van der Waals surface area (Å²) in [5.41, 5.74) is -0.264. The van der Waals surface area contributed by atoms with Crippen LogP contribution in [-0.2, 0) is 0 Å². The second-order valence-electron chi connectivity index (χ2n) is 3.79. The standard InChI is InChI=1S/C13H6BrClF4/c14-13(12-7(15)2-1-3-8(12)16)6-4-10(18)11(19)5-9(6)17/h1-5,13H. The van der Waals surface area contributed by atoms with Gasteiger partial charge in [-0.1, -0.05) is 33.6 Å². The molecule has 2 aromatic carbocycles. The molecule has 0 aliphatic carbocycles. The summed E-state index contributed by atoms with van der Waals surface area (Å²) in [6.07, 6.45) is 0. The molecule has 0 aliphatic rings. The van der Waals surface area contributed by atoms with Gasteiger partial charge in [-0.25, -0.2) is 17.6 Å². The number of alkyl halides is 1. The Hall–Kier alpha value is -1.07. The van der Waals surface area contributed by atoms with Crippen molar-refractivity contribution in [3.8, 4) is 0 Å². The number of hydrogen-bond donors (Lipinski definition) is 0. The average Bonchev–Trinajstić information content (AvgIpc) is 2.33. The van der Waals surface area contributed by atoms with Gasteiger partial charge in [-0.05, 0) is 18.2 Å². The quantitative estimate of drug-likeness (QED) is 0.386. The Bertz CT molecular complexity index is 610. The van der Waals surface area contributed by atoms with Gasteiger partial charge in [0.15, 0.2) is 11.6 Å². The van der Waals surface area contributed by atoms with Gasteiger partial charge in [0.05, 0.1) is 4.83 Å². The lowest BCUT2D eigenvalue weighted by Gasteiger charge is -2.14. The smallest absolute Gasteiger partial charge is 0.161 e. The Kier molecular flexibility index (Phi) is 4.16. The second kappa shape index (κ2) is 5.51. The first-order chi connectivity index (χ1) is 8.91. The highest BCUT2D eigenvalue weighted by Crippen LogP contribution is 2.38. The molecule has 1 unspecified atom stereocenters. The Morgan fingerprint density at radius 3 is 2.16 bits per heavy atom. The van der Waals surface area contributed by atoms with Crippen LogP contribution in [0.5, 0.6) is 0 Å². The lowest BCUT2D eigenvalue weighted by molar-refractivity contribution is 0.490. The fourth-order valence-electron chi connectivity index (χ4n) is 1.64. The van der Waals surface area contributed by atoms with E-state index < -0.39 is 28.1 Å². The maximum Gasteiger partial charge on any atom is 0.161 e. The minimum atomic E-state index is -1.31. The van der Waals surface area contributed by atoms with Gasteiger partial charge in [-0.15, -0.1) is 0 Å². The maximum atomic E-state index is 13.7. The van der Waals surface area contributed by atoms with E-state index in [4.69, 9.17) is 11.6 Å². The Morgan fingerprint density at radius 1 is 0.895 bits per heavy atom. The predicted molar refractivity (Wildman–Crippen MR) is 68.5 cm³/mol. The van der Waals surface area contributed by atoms with Gasteiger partial charge >= 0.3 is 0 Å².